The van der Waals surface area contributed by atoms with Crippen LogP contribution in [0.1, 0.15) is 24.7 Å². The lowest BCUT2D eigenvalue weighted by Gasteiger charge is -2.24. The number of ether oxygens (including phenoxy) is 1. The molecular formula is C21H25N5O2S. The van der Waals surface area contributed by atoms with Crippen molar-refractivity contribution in [2.75, 3.05) is 26.0 Å². The van der Waals surface area contributed by atoms with E-state index in [1.54, 1.807) is 7.11 Å². The molecule has 0 aliphatic carbocycles. The van der Waals surface area contributed by atoms with Crippen LogP contribution in [0.4, 0.5) is 0 Å². The fraction of sp³-hybridized carbons (Fsp3) is 0.286. The molecule has 7 nitrogen and oxygen atoms in total. The number of thioether (sulfide) groups is 1. The van der Waals surface area contributed by atoms with Crippen LogP contribution in [0.5, 0.6) is 5.75 Å². The Kier molecular flexibility index (Phi) is 6.77. The summed E-state index contributed by atoms with van der Waals surface area (Å²) in [6.07, 6.45) is 0. The number of rotatable bonds is 8. The molecule has 0 unspecified atom stereocenters. The third kappa shape index (κ3) is 4.54. The molecule has 0 fully saturated rings. The molecule has 3 aromatic rings. The van der Waals surface area contributed by atoms with Gasteiger partial charge in [-0.05, 0) is 43.7 Å². The van der Waals surface area contributed by atoms with Gasteiger partial charge in [-0.25, -0.2) is 4.68 Å². The molecule has 2 N–H and O–H groups in total. The van der Waals surface area contributed by atoms with Crippen molar-refractivity contribution in [2.45, 2.75) is 24.3 Å². The number of amides is 1. The van der Waals surface area contributed by atoms with E-state index in [-0.39, 0.29) is 5.91 Å². The van der Waals surface area contributed by atoms with Crippen molar-refractivity contribution in [1.82, 2.24) is 19.8 Å². The van der Waals surface area contributed by atoms with E-state index in [0.717, 1.165) is 16.9 Å². The van der Waals surface area contributed by atoms with Crippen molar-refractivity contribution in [1.29, 1.82) is 0 Å². The highest BCUT2D eigenvalue weighted by Gasteiger charge is 2.28. The van der Waals surface area contributed by atoms with Crippen LogP contribution in [-0.2, 0) is 4.79 Å². The van der Waals surface area contributed by atoms with E-state index in [4.69, 9.17) is 10.6 Å². The molecule has 0 aliphatic heterocycles. The number of benzene rings is 2. The molecule has 0 aliphatic rings. The van der Waals surface area contributed by atoms with Gasteiger partial charge in [0.05, 0.1) is 7.11 Å². The molecule has 1 amide bonds. The zero-order valence-electron chi connectivity index (χ0n) is 16.8. The number of aromatic nitrogens is 3. The number of nitrogens with two attached hydrogens (primary N) is 1. The number of carbonyl (C=O) groups excluding carboxylic acids is 1. The smallest absolute Gasteiger partial charge is 0.240 e. The van der Waals surface area contributed by atoms with Gasteiger partial charge in [0.25, 0.3) is 0 Å². The normalized spacial score (nSPS) is 11.8. The summed E-state index contributed by atoms with van der Waals surface area (Å²) in [6, 6.07) is 17.1. The molecule has 1 heterocycles. The monoisotopic (exact) mass is 411 g/mol. The second-order valence-electron chi connectivity index (χ2n) is 6.32. The van der Waals surface area contributed by atoms with Gasteiger partial charge in [0.2, 0.25) is 11.1 Å². The van der Waals surface area contributed by atoms with Gasteiger partial charge in [-0.3, -0.25) is 4.79 Å². The van der Waals surface area contributed by atoms with Gasteiger partial charge in [0, 0.05) is 18.7 Å². The van der Waals surface area contributed by atoms with Crippen LogP contribution in [0.25, 0.3) is 11.4 Å². The Bertz CT molecular complexity index is 939. The van der Waals surface area contributed by atoms with Crippen molar-refractivity contribution in [3.8, 4) is 17.1 Å². The first kappa shape index (κ1) is 20.7. The van der Waals surface area contributed by atoms with Gasteiger partial charge < -0.3 is 15.5 Å². The lowest BCUT2D eigenvalue weighted by Crippen LogP contribution is -2.34. The predicted octanol–water partition coefficient (Wildman–Crippen LogP) is 3.37. The van der Waals surface area contributed by atoms with Gasteiger partial charge in [0.15, 0.2) is 5.82 Å². The molecule has 2 aromatic carbocycles. The van der Waals surface area contributed by atoms with Crippen molar-refractivity contribution in [2.24, 2.45) is 0 Å². The maximum absolute atomic E-state index is 13.2. The Morgan fingerprint density at radius 3 is 2.34 bits per heavy atom. The minimum absolute atomic E-state index is 0.0280. The van der Waals surface area contributed by atoms with E-state index in [2.05, 4.69) is 10.2 Å². The van der Waals surface area contributed by atoms with Gasteiger partial charge in [-0.15, -0.1) is 10.2 Å². The Balaban J connectivity index is 1.91. The Morgan fingerprint density at radius 1 is 1.10 bits per heavy atom. The van der Waals surface area contributed by atoms with Crippen molar-refractivity contribution in [3.63, 3.8) is 0 Å². The molecule has 3 rings (SSSR count). The zero-order valence-corrected chi connectivity index (χ0v) is 17.6. The summed E-state index contributed by atoms with van der Waals surface area (Å²) in [4.78, 5) is 15.0. The minimum Gasteiger partial charge on any atom is -0.497 e. The SMILES string of the molecule is CCN(CC)C(=O)[C@H](Sc1nnc(-c2ccc(OC)cc2)n1N)c1ccccc1. The van der Waals surface area contributed by atoms with E-state index in [1.807, 2.05) is 73.3 Å². The number of nitrogens with zero attached hydrogens (tertiary/aromatic N) is 4. The number of carbonyl (C=O) groups is 1. The van der Waals surface area contributed by atoms with Gasteiger partial charge in [-0.1, -0.05) is 42.1 Å². The summed E-state index contributed by atoms with van der Waals surface area (Å²) in [5.74, 6) is 7.59. The van der Waals surface area contributed by atoms with E-state index >= 15 is 0 Å². The van der Waals surface area contributed by atoms with E-state index in [0.29, 0.717) is 24.1 Å². The first-order valence-electron chi connectivity index (χ1n) is 9.44. The maximum Gasteiger partial charge on any atom is 0.240 e. The molecule has 0 spiro atoms. The molecule has 152 valence electrons. The fourth-order valence-electron chi connectivity index (χ4n) is 2.99. The average molecular weight is 412 g/mol. The number of hydrogen-bond donors (Lipinski definition) is 1. The zero-order chi connectivity index (χ0) is 20.8. The molecule has 0 saturated heterocycles. The molecule has 1 atom stereocenters. The quantitative estimate of drug-likeness (QED) is 0.452. The second-order valence-corrected chi connectivity index (χ2v) is 7.40. The van der Waals surface area contributed by atoms with Crippen molar-refractivity contribution >= 4 is 17.7 Å². The first-order chi connectivity index (χ1) is 14.1. The molecular weight excluding hydrogens is 386 g/mol. The third-order valence-electron chi connectivity index (χ3n) is 4.64. The highest BCUT2D eigenvalue weighted by atomic mass is 32.2. The van der Waals surface area contributed by atoms with Gasteiger partial charge >= 0.3 is 0 Å². The fourth-order valence-corrected chi connectivity index (χ4v) is 4.03. The first-order valence-corrected chi connectivity index (χ1v) is 10.3. The molecule has 0 radical (unpaired) electrons. The van der Waals surface area contributed by atoms with Gasteiger partial charge in [-0.2, -0.15) is 0 Å². The maximum atomic E-state index is 13.2. The summed E-state index contributed by atoms with van der Waals surface area (Å²) < 4.78 is 6.62. The second kappa shape index (κ2) is 9.47. The minimum atomic E-state index is -0.452. The standard InChI is InChI=1S/C21H25N5O2S/c1-4-25(5-2)20(27)18(15-9-7-6-8-10-15)29-21-24-23-19(26(21)22)16-11-13-17(28-3)14-12-16/h6-14,18H,4-5,22H2,1-3H3/t18-/m1/s1. The summed E-state index contributed by atoms with van der Waals surface area (Å²) in [5, 5.41) is 8.50. The summed E-state index contributed by atoms with van der Waals surface area (Å²) in [5.41, 5.74) is 1.72. The van der Waals surface area contributed by atoms with E-state index in [1.165, 1.54) is 16.4 Å². The highest BCUT2D eigenvalue weighted by Crippen LogP contribution is 2.36. The van der Waals surface area contributed by atoms with Crippen LogP contribution >= 0.6 is 11.8 Å². The number of hydrogen-bond acceptors (Lipinski definition) is 6. The van der Waals surface area contributed by atoms with Crippen LogP contribution in [-0.4, -0.2) is 45.9 Å². The molecule has 29 heavy (non-hydrogen) atoms. The summed E-state index contributed by atoms with van der Waals surface area (Å²) in [7, 11) is 1.62. The highest BCUT2D eigenvalue weighted by molar-refractivity contribution is 8.00. The third-order valence-corrected chi connectivity index (χ3v) is 5.84. The van der Waals surface area contributed by atoms with Crippen molar-refractivity contribution in [3.05, 3.63) is 60.2 Å². The number of likely N-dealkylation sites (N-methyl/N-ethyl adjacent to an activating group) is 1. The van der Waals surface area contributed by atoms with Crippen LogP contribution < -0.4 is 10.6 Å². The molecule has 0 saturated carbocycles. The molecule has 1 aromatic heterocycles. The van der Waals surface area contributed by atoms with Crippen LogP contribution in [0.3, 0.4) is 0 Å². The van der Waals surface area contributed by atoms with E-state index < -0.39 is 5.25 Å². The number of nitrogen functional groups attached to an aromatic ring is 1. The summed E-state index contributed by atoms with van der Waals surface area (Å²) in [6.45, 7) is 5.24. The average Bonchev–Trinajstić information content (AvgIpc) is 3.13. The van der Waals surface area contributed by atoms with Crippen LogP contribution in [0.2, 0.25) is 0 Å². The molecule has 8 heteroatoms. The largest absolute Gasteiger partial charge is 0.497 e. The topological polar surface area (TPSA) is 86.3 Å². The predicted molar refractivity (Wildman–Crippen MR) is 115 cm³/mol. The van der Waals surface area contributed by atoms with Crippen molar-refractivity contribution < 1.29 is 9.53 Å². The number of methoxy groups -OCH3 is 1. The van der Waals surface area contributed by atoms with Crippen LogP contribution in [0, 0.1) is 0 Å². The Hall–Kier alpha value is -3.00. The van der Waals surface area contributed by atoms with Crippen LogP contribution in [0.15, 0.2) is 59.8 Å². The lowest BCUT2D eigenvalue weighted by molar-refractivity contribution is -0.130. The Morgan fingerprint density at radius 2 is 1.76 bits per heavy atom. The van der Waals surface area contributed by atoms with E-state index in [9.17, 15) is 4.79 Å². The summed E-state index contributed by atoms with van der Waals surface area (Å²) >= 11 is 1.31. The molecule has 0 bridgehead atoms. The lowest BCUT2D eigenvalue weighted by atomic mass is 10.1. The Labute approximate surface area is 174 Å². The van der Waals surface area contributed by atoms with Gasteiger partial charge in [0.1, 0.15) is 11.0 Å².